The van der Waals surface area contributed by atoms with Crippen LogP contribution in [-0.4, -0.2) is 19.1 Å². The van der Waals surface area contributed by atoms with Gasteiger partial charge < -0.3 is 0 Å². The number of nitrogens with zero attached hydrogens (tertiary/aromatic N) is 4. The molecule has 0 N–H and O–H groups in total. The van der Waals surface area contributed by atoms with E-state index in [2.05, 4.69) is 116 Å². The second-order valence-corrected chi connectivity index (χ2v) is 10.2. The Hall–Kier alpha value is -1.98. The van der Waals surface area contributed by atoms with Gasteiger partial charge >= 0.3 is 29.2 Å². The van der Waals surface area contributed by atoms with E-state index >= 15 is 0 Å². The van der Waals surface area contributed by atoms with Gasteiger partial charge in [-0.15, -0.1) is 0 Å². The van der Waals surface area contributed by atoms with Crippen molar-refractivity contribution in [3.8, 4) is 11.4 Å². The van der Waals surface area contributed by atoms with Crippen LogP contribution in [0.15, 0.2) is 55.1 Å². The second kappa shape index (κ2) is 11.8. The minimum atomic E-state index is 0.399. The molecule has 4 aromatic rings. The van der Waals surface area contributed by atoms with Gasteiger partial charge in [0, 0.05) is 22.3 Å². The Balaban J connectivity index is 0.00000167. The maximum absolute atomic E-state index is 4.83. The zero-order chi connectivity index (χ0) is 25.9. The van der Waals surface area contributed by atoms with Gasteiger partial charge in [-0.2, -0.15) is 19.1 Å². The molecule has 190 valence electrons. The van der Waals surface area contributed by atoms with Crippen LogP contribution < -0.4 is 0 Å². The molecule has 6 heteroatoms. The number of benzene rings is 2. The van der Waals surface area contributed by atoms with E-state index in [1.54, 1.807) is 32.4 Å². The molecule has 2 heterocycles. The van der Waals surface area contributed by atoms with E-state index < -0.39 is 0 Å². The summed E-state index contributed by atoms with van der Waals surface area (Å²) >= 11 is 1.75. The van der Waals surface area contributed by atoms with Gasteiger partial charge in [-0.1, -0.05) is 67.5 Å². The topological polar surface area (TPSA) is 35.6 Å². The molecule has 4 rings (SSSR count). The number of imidazole rings is 1. The van der Waals surface area contributed by atoms with Crippen molar-refractivity contribution in [3.63, 3.8) is 0 Å². The van der Waals surface area contributed by atoms with E-state index in [0.29, 0.717) is 23.7 Å². The normalized spacial score (nSPS) is 11.6. The number of aromatic nitrogens is 4. The fraction of sp³-hybridized carbons (Fsp3) is 0.414. The van der Waals surface area contributed by atoms with Gasteiger partial charge in [0.15, 0.2) is 6.33 Å². The third-order valence-electron chi connectivity index (χ3n) is 6.51. The predicted octanol–water partition coefficient (Wildman–Crippen LogP) is 8.67. The van der Waals surface area contributed by atoms with Gasteiger partial charge in [-0.25, -0.2) is 0 Å². The van der Waals surface area contributed by atoms with Crippen LogP contribution in [0.2, 0.25) is 0 Å². The first-order valence-electron chi connectivity index (χ1n) is 12.3. The van der Waals surface area contributed by atoms with E-state index in [0.717, 1.165) is 11.3 Å². The van der Waals surface area contributed by atoms with Crippen molar-refractivity contribution in [3.05, 3.63) is 77.4 Å². The Morgan fingerprint density at radius 1 is 0.600 bits per heavy atom. The van der Waals surface area contributed by atoms with Crippen molar-refractivity contribution in [2.45, 2.75) is 79.1 Å². The molecule has 0 spiro atoms. The molecule has 0 aliphatic heterocycles. The number of para-hydroxylation sites is 2. The zero-order valence-electron chi connectivity index (χ0n) is 22.0. The molecular weight excluding hydrogens is 637 g/mol. The SMILES string of the molecule is CC(C)c1cccc(C(C)C)c1-n1[cH+]n(-c2c(C(C)C)cccc2C(C)C)c2nccnc21.[Cl][Au]. The summed E-state index contributed by atoms with van der Waals surface area (Å²) in [7, 11) is 4.58. The van der Waals surface area contributed by atoms with E-state index in [1.165, 1.54) is 33.6 Å². The van der Waals surface area contributed by atoms with Gasteiger partial charge in [0.25, 0.3) is 11.3 Å². The molecular formula is C29H37AuClN4+. The van der Waals surface area contributed by atoms with Crippen LogP contribution >= 0.6 is 9.19 Å². The van der Waals surface area contributed by atoms with Crippen LogP contribution in [0.25, 0.3) is 22.7 Å². The molecule has 0 atom stereocenters. The third kappa shape index (κ3) is 5.41. The van der Waals surface area contributed by atoms with Crippen LogP contribution in [0.4, 0.5) is 0 Å². The summed E-state index contributed by atoms with van der Waals surface area (Å²) < 4.78 is 4.54. The minimum absolute atomic E-state index is 0.399. The van der Waals surface area contributed by atoms with Gasteiger partial charge in [0.05, 0.1) is 12.4 Å². The van der Waals surface area contributed by atoms with Crippen LogP contribution in [0, 0.1) is 0 Å². The molecule has 4 nitrogen and oxygen atoms in total. The molecule has 0 unspecified atom stereocenters. The second-order valence-electron chi connectivity index (χ2n) is 10.2. The van der Waals surface area contributed by atoms with Crippen molar-refractivity contribution >= 4 is 20.5 Å². The molecule has 0 bridgehead atoms. The Morgan fingerprint density at radius 3 is 1.14 bits per heavy atom. The van der Waals surface area contributed by atoms with Gasteiger partial charge in [0.1, 0.15) is 11.4 Å². The predicted molar refractivity (Wildman–Crippen MR) is 145 cm³/mol. The number of hydrogen-bond donors (Lipinski definition) is 0. The summed E-state index contributed by atoms with van der Waals surface area (Å²) in [6, 6.07) is 13.4. The standard InChI is InChI=1S/C29H37N4.Au.ClH/c1-18(2)22-11-9-12-23(19(3)4)26(22)32-17-33(29-28(32)30-15-16-31-29)27-24(20(5)6)13-10-14-25(27)21(7)8;;/h9-21H,1-8H3;;1H/q2*+1;/p-1. The van der Waals surface area contributed by atoms with E-state index in [4.69, 9.17) is 9.97 Å². The summed E-state index contributed by atoms with van der Waals surface area (Å²) in [5.41, 5.74) is 9.57. The average molecular weight is 674 g/mol. The first-order chi connectivity index (χ1) is 16.7. The molecule has 2 aromatic heterocycles. The van der Waals surface area contributed by atoms with Gasteiger partial charge in [-0.05, 0) is 47.9 Å². The van der Waals surface area contributed by atoms with Crippen molar-refractivity contribution < 1.29 is 20.0 Å². The fourth-order valence-electron chi connectivity index (χ4n) is 4.80. The van der Waals surface area contributed by atoms with Crippen molar-refractivity contribution in [1.82, 2.24) is 19.1 Å². The summed E-state index contributed by atoms with van der Waals surface area (Å²) in [4.78, 5) is 9.67. The van der Waals surface area contributed by atoms with Crippen molar-refractivity contribution in [2.75, 3.05) is 0 Å². The van der Waals surface area contributed by atoms with Gasteiger partial charge in [0.2, 0.25) is 0 Å². The molecule has 0 aliphatic carbocycles. The Morgan fingerprint density at radius 2 is 0.886 bits per heavy atom. The number of fused-ring (bicyclic) bond motifs is 1. The zero-order valence-corrected chi connectivity index (χ0v) is 24.9. The molecule has 0 amide bonds. The molecule has 0 aliphatic rings. The summed E-state index contributed by atoms with van der Waals surface area (Å²) in [6.45, 7) is 18.1. The van der Waals surface area contributed by atoms with Crippen LogP contribution in [0.1, 0.15) is 101 Å². The third-order valence-corrected chi connectivity index (χ3v) is 6.51. The summed E-state index contributed by atoms with van der Waals surface area (Å²) in [6.07, 6.45) is 5.81. The fourth-order valence-corrected chi connectivity index (χ4v) is 4.80. The molecule has 0 saturated heterocycles. The number of rotatable bonds is 6. The van der Waals surface area contributed by atoms with Crippen LogP contribution in [-0.2, 0) is 20.0 Å². The van der Waals surface area contributed by atoms with E-state index in [9.17, 15) is 0 Å². The van der Waals surface area contributed by atoms with Crippen molar-refractivity contribution in [2.24, 2.45) is 0 Å². The van der Waals surface area contributed by atoms with Gasteiger partial charge in [-0.3, -0.25) is 0 Å². The molecule has 0 radical (unpaired) electrons. The Bertz CT molecular complexity index is 1140. The summed E-state index contributed by atoms with van der Waals surface area (Å²) in [5.74, 6) is 1.59. The maximum atomic E-state index is 4.83. The monoisotopic (exact) mass is 673 g/mol. The van der Waals surface area contributed by atoms with Crippen LogP contribution in [0.3, 0.4) is 0 Å². The Kier molecular flexibility index (Phi) is 9.34. The first-order valence-corrected chi connectivity index (χ1v) is 15.0. The first kappa shape index (κ1) is 27.6. The van der Waals surface area contributed by atoms with E-state index in [-0.39, 0.29) is 0 Å². The molecule has 2 aromatic carbocycles. The number of halogens is 1. The average Bonchev–Trinajstić information content (AvgIpc) is 3.23. The van der Waals surface area contributed by atoms with Crippen molar-refractivity contribution in [1.29, 1.82) is 0 Å². The Labute approximate surface area is 226 Å². The number of hydrogen-bond acceptors (Lipinski definition) is 2. The molecule has 0 fully saturated rings. The summed E-state index contributed by atoms with van der Waals surface area (Å²) in [5, 5.41) is 0. The molecule has 35 heavy (non-hydrogen) atoms. The van der Waals surface area contributed by atoms with Crippen LogP contribution in [0.5, 0.6) is 0 Å². The quantitative estimate of drug-likeness (QED) is 0.152. The van der Waals surface area contributed by atoms with E-state index in [1.807, 2.05) is 0 Å². The molecule has 0 saturated carbocycles.